The summed E-state index contributed by atoms with van der Waals surface area (Å²) in [6.07, 6.45) is -3.00. The van der Waals surface area contributed by atoms with Gasteiger partial charge in [-0.15, -0.1) is 0 Å². The summed E-state index contributed by atoms with van der Waals surface area (Å²) in [5.41, 5.74) is -0.689. The standard InChI is InChI=1S/C12H16F3N3O/c13-12(14,15)10-2-1-3-16-11(10)18-6-4-17(5-7-18)8-9-19/h1-3,19H,4-9H2. The second-order valence-corrected chi connectivity index (χ2v) is 4.42. The van der Waals surface area contributed by atoms with Crippen LogP contribution in [-0.2, 0) is 6.18 Å². The zero-order valence-electron chi connectivity index (χ0n) is 10.4. The third-order valence-electron chi connectivity index (χ3n) is 3.18. The van der Waals surface area contributed by atoms with E-state index in [1.165, 1.54) is 12.3 Å². The van der Waals surface area contributed by atoms with Crippen molar-refractivity contribution >= 4 is 5.82 Å². The Morgan fingerprint density at radius 1 is 1.21 bits per heavy atom. The SMILES string of the molecule is OCCN1CCN(c2ncccc2C(F)(F)F)CC1. The average molecular weight is 275 g/mol. The van der Waals surface area contributed by atoms with Gasteiger partial charge in [0, 0.05) is 38.9 Å². The van der Waals surface area contributed by atoms with Crippen molar-refractivity contribution in [3.63, 3.8) is 0 Å². The first-order valence-corrected chi connectivity index (χ1v) is 6.13. The van der Waals surface area contributed by atoms with E-state index >= 15 is 0 Å². The lowest BCUT2D eigenvalue weighted by Gasteiger charge is -2.36. The fourth-order valence-electron chi connectivity index (χ4n) is 2.19. The van der Waals surface area contributed by atoms with Gasteiger partial charge in [0.05, 0.1) is 12.2 Å². The number of aromatic nitrogens is 1. The molecule has 0 aliphatic carbocycles. The minimum atomic E-state index is -4.38. The van der Waals surface area contributed by atoms with E-state index in [4.69, 9.17) is 5.11 Å². The van der Waals surface area contributed by atoms with Gasteiger partial charge in [-0.2, -0.15) is 13.2 Å². The third kappa shape index (κ3) is 3.36. The minimum Gasteiger partial charge on any atom is -0.395 e. The van der Waals surface area contributed by atoms with Gasteiger partial charge in [-0.05, 0) is 12.1 Å². The second kappa shape index (κ2) is 5.75. The van der Waals surface area contributed by atoms with Gasteiger partial charge in [0.15, 0.2) is 0 Å². The van der Waals surface area contributed by atoms with E-state index in [1.807, 2.05) is 4.90 Å². The van der Waals surface area contributed by atoms with Crippen molar-refractivity contribution in [1.82, 2.24) is 9.88 Å². The number of aliphatic hydroxyl groups excluding tert-OH is 1. The normalized spacial score (nSPS) is 17.8. The molecule has 19 heavy (non-hydrogen) atoms. The number of alkyl halides is 3. The van der Waals surface area contributed by atoms with Crippen molar-refractivity contribution in [1.29, 1.82) is 0 Å². The maximum atomic E-state index is 12.9. The molecule has 2 rings (SSSR count). The quantitative estimate of drug-likeness (QED) is 0.900. The molecule has 0 aromatic carbocycles. The lowest BCUT2D eigenvalue weighted by Crippen LogP contribution is -2.48. The molecule has 7 heteroatoms. The minimum absolute atomic E-state index is 0.00125. The van der Waals surface area contributed by atoms with Crippen LogP contribution < -0.4 is 4.90 Å². The topological polar surface area (TPSA) is 39.6 Å². The molecule has 1 N–H and O–H groups in total. The highest BCUT2D eigenvalue weighted by atomic mass is 19.4. The van der Waals surface area contributed by atoms with E-state index in [-0.39, 0.29) is 12.4 Å². The molecule has 4 nitrogen and oxygen atoms in total. The molecule has 0 saturated carbocycles. The van der Waals surface area contributed by atoms with Gasteiger partial charge in [-0.1, -0.05) is 0 Å². The lowest BCUT2D eigenvalue weighted by atomic mass is 10.2. The summed E-state index contributed by atoms with van der Waals surface area (Å²) in [6.45, 7) is 2.86. The van der Waals surface area contributed by atoms with Crippen LogP contribution in [0.2, 0.25) is 0 Å². The Labute approximate surface area is 109 Å². The number of rotatable bonds is 3. The van der Waals surface area contributed by atoms with Crippen molar-refractivity contribution in [2.45, 2.75) is 6.18 Å². The second-order valence-electron chi connectivity index (χ2n) is 4.42. The van der Waals surface area contributed by atoms with E-state index in [0.29, 0.717) is 32.7 Å². The predicted octanol–water partition coefficient (Wildman–Crippen LogP) is 1.21. The van der Waals surface area contributed by atoms with Crippen LogP contribution >= 0.6 is 0 Å². The van der Waals surface area contributed by atoms with E-state index in [2.05, 4.69) is 4.98 Å². The van der Waals surface area contributed by atoms with Crippen LogP contribution in [0.25, 0.3) is 0 Å². The Bertz CT molecular complexity index is 417. The summed E-state index contributed by atoms with van der Waals surface area (Å²) in [5.74, 6) is -0.00125. The molecular formula is C12H16F3N3O. The summed E-state index contributed by atoms with van der Waals surface area (Å²) in [5, 5.41) is 8.84. The molecule has 2 heterocycles. The van der Waals surface area contributed by atoms with E-state index in [9.17, 15) is 13.2 Å². The summed E-state index contributed by atoms with van der Waals surface area (Å²) >= 11 is 0. The number of piperazine rings is 1. The van der Waals surface area contributed by atoms with Gasteiger partial charge in [0.25, 0.3) is 0 Å². The van der Waals surface area contributed by atoms with Crippen LogP contribution in [0.1, 0.15) is 5.56 Å². The molecule has 0 radical (unpaired) electrons. The van der Waals surface area contributed by atoms with Crippen molar-refractivity contribution in [2.75, 3.05) is 44.2 Å². The zero-order chi connectivity index (χ0) is 13.9. The molecule has 106 valence electrons. The Kier molecular flexibility index (Phi) is 4.26. The first-order chi connectivity index (χ1) is 9.02. The average Bonchev–Trinajstić information content (AvgIpc) is 2.39. The van der Waals surface area contributed by atoms with Gasteiger partial charge >= 0.3 is 6.18 Å². The molecule has 0 unspecified atom stereocenters. The fourth-order valence-corrected chi connectivity index (χ4v) is 2.19. The number of pyridine rings is 1. The van der Waals surface area contributed by atoms with Gasteiger partial charge in [0.2, 0.25) is 0 Å². The van der Waals surface area contributed by atoms with Crippen LogP contribution in [0.3, 0.4) is 0 Å². The zero-order valence-corrected chi connectivity index (χ0v) is 10.4. The third-order valence-corrected chi connectivity index (χ3v) is 3.18. The summed E-state index contributed by atoms with van der Waals surface area (Å²) in [4.78, 5) is 7.55. The van der Waals surface area contributed by atoms with Crippen molar-refractivity contribution < 1.29 is 18.3 Å². The molecule has 0 amide bonds. The first-order valence-electron chi connectivity index (χ1n) is 6.13. The summed E-state index contributed by atoms with van der Waals surface area (Å²) in [6, 6.07) is 2.36. The van der Waals surface area contributed by atoms with Crippen LogP contribution in [0.5, 0.6) is 0 Å². The molecule has 0 spiro atoms. The number of nitrogens with zero attached hydrogens (tertiary/aromatic N) is 3. The highest BCUT2D eigenvalue weighted by Gasteiger charge is 2.36. The molecule has 1 aromatic rings. The number of halogens is 3. The predicted molar refractivity (Wildman–Crippen MR) is 65.0 cm³/mol. The molecular weight excluding hydrogens is 259 g/mol. The van der Waals surface area contributed by atoms with E-state index in [1.54, 1.807) is 4.90 Å². The molecule has 0 bridgehead atoms. The van der Waals surface area contributed by atoms with Crippen molar-refractivity contribution in [3.05, 3.63) is 23.9 Å². The van der Waals surface area contributed by atoms with Gasteiger partial charge < -0.3 is 10.0 Å². The highest BCUT2D eigenvalue weighted by Crippen LogP contribution is 2.35. The van der Waals surface area contributed by atoms with Gasteiger partial charge in [0.1, 0.15) is 5.82 Å². The van der Waals surface area contributed by atoms with Gasteiger partial charge in [-0.25, -0.2) is 4.98 Å². The molecule has 1 fully saturated rings. The molecule has 1 aromatic heterocycles. The number of hydrogen-bond acceptors (Lipinski definition) is 4. The fraction of sp³-hybridized carbons (Fsp3) is 0.583. The molecule has 1 aliphatic heterocycles. The Hall–Kier alpha value is -1.34. The first kappa shape index (κ1) is 14.1. The highest BCUT2D eigenvalue weighted by molar-refractivity contribution is 5.48. The molecule has 1 saturated heterocycles. The Morgan fingerprint density at radius 3 is 2.47 bits per heavy atom. The lowest BCUT2D eigenvalue weighted by molar-refractivity contribution is -0.137. The summed E-state index contributed by atoms with van der Waals surface area (Å²) in [7, 11) is 0. The molecule has 1 aliphatic rings. The number of anilines is 1. The van der Waals surface area contributed by atoms with E-state index < -0.39 is 11.7 Å². The van der Waals surface area contributed by atoms with Crippen LogP contribution in [0.15, 0.2) is 18.3 Å². The molecule has 0 atom stereocenters. The van der Waals surface area contributed by atoms with Crippen LogP contribution in [0.4, 0.5) is 19.0 Å². The maximum Gasteiger partial charge on any atom is 0.419 e. The summed E-state index contributed by atoms with van der Waals surface area (Å²) < 4.78 is 38.7. The largest absolute Gasteiger partial charge is 0.419 e. The van der Waals surface area contributed by atoms with Crippen molar-refractivity contribution in [2.24, 2.45) is 0 Å². The maximum absolute atomic E-state index is 12.9. The number of aliphatic hydroxyl groups is 1. The smallest absolute Gasteiger partial charge is 0.395 e. The Morgan fingerprint density at radius 2 is 1.89 bits per heavy atom. The number of β-amino-alcohol motifs (C(OH)–C–C–N with tert-alkyl or cyclic N) is 1. The van der Waals surface area contributed by atoms with Crippen molar-refractivity contribution in [3.8, 4) is 0 Å². The van der Waals surface area contributed by atoms with Crippen LogP contribution in [-0.4, -0.2) is 54.3 Å². The van der Waals surface area contributed by atoms with Gasteiger partial charge in [-0.3, -0.25) is 4.90 Å². The van der Waals surface area contributed by atoms with Crippen LogP contribution in [0, 0.1) is 0 Å². The monoisotopic (exact) mass is 275 g/mol. The number of hydrogen-bond donors (Lipinski definition) is 1. The van der Waals surface area contributed by atoms with E-state index in [0.717, 1.165) is 6.07 Å². The Balaban J connectivity index is 2.12.